The Morgan fingerprint density at radius 3 is 1.70 bits per heavy atom. The summed E-state index contributed by atoms with van der Waals surface area (Å²) in [6.45, 7) is 2.13. The van der Waals surface area contributed by atoms with E-state index in [1.807, 2.05) is 24.3 Å². The van der Waals surface area contributed by atoms with E-state index in [2.05, 4.69) is 103 Å². The van der Waals surface area contributed by atoms with Crippen LogP contribution in [0.4, 0.5) is 17.1 Å². The molecule has 0 unspecified atom stereocenters. The second-order valence-corrected chi connectivity index (χ2v) is 12.1. The quantitative estimate of drug-likeness (QED) is 0.193. The molecule has 8 aromatic carbocycles. The number of benzene rings is 8. The van der Waals surface area contributed by atoms with Gasteiger partial charge in [0.05, 0.1) is 22.0 Å². The molecule has 0 saturated carbocycles. The second-order valence-electron chi connectivity index (χ2n) is 12.1. The topological polar surface area (TPSA) is 8.17 Å². The van der Waals surface area contributed by atoms with Gasteiger partial charge < -0.3 is 9.47 Å². The van der Waals surface area contributed by atoms with E-state index in [-0.39, 0.29) is 46.0 Å². The van der Waals surface area contributed by atoms with Crippen LogP contribution < -0.4 is 4.90 Å². The van der Waals surface area contributed by atoms with Crippen LogP contribution in [-0.4, -0.2) is 4.57 Å². The number of fused-ring (bicyclic) bond motifs is 9. The third-order valence-electron chi connectivity index (χ3n) is 9.42. The molecule has 47 heavy (non-hydrogen) atoms. The van der Waals surface area contributed by atoms with Gasteiger partial charge >= 0.3 is 0 Å². The number of hydrogen-bond donors (Lipinski definition) is 0. The first-order valence-electron chi connectivity index (χ1n) is 19.6. The van der Waals surface area contributed by atoms with E-state index >= 15 is 0 Å². The monoisotopic (exact) mass is 606 g/mol. The zero-order chi connectivity index (χ0) is 38.0. The molecule has 9 aromatic rings. The van der Waals surface area contributed by atoms with Crippen LogP contribution >= 0.6 is 0 Å². The maximum atomic E-state index is 8.88. The molecule has 0 N–H and O–H groups in total. The van der Waals surface area contributed by atoms with Crippen molar-refractivity contribution >= 4 is 60.4 Å². The Labute approximate surface area is 284 Å². The van der Waals surface area contributed by atoms with Crippen molar-refractivity contribution in [3.63, 3.8) is 0 Å². The SMILES string of the molecule is [2H]c1c([2H])c([2H])c2c(c1[2H])c1c([2H])c([2H])c([2H])c([2H])c1n2-c1ccc2cc3c(cc2c1)-c1cc2ccc(N(c4ccccc4)c4ccccc4C)cc2cc1-3. The zero-order valence-corrected chi connectivity index (χ0v) is 25.4. The van der Waals surface area contributed by atoms with Crippen molar-refractivity contribution in [3.05, 3.63) is 169 Å². The summed E-state index contributed by atoms with van der Waals surface area (Å²) in [6.07, 6.45) is 0. The Kier molecular flexibility index (Phi) is 4.10. The minimum absolute atomic E-state index is 0.0694. The molecule has 0 bridgehead atoms. The van der Waals surface area contributed by atoms with Gasteiger partial charge in [-0.1, -0.05) is 84.8 Å². The van der Waals surface area contributed by atoms with Crippen LogP contribution in [0.5, 0.6) is 0 Å². The molecule has 1 aromatic heterocycles. The predicted molar refractivity (Wildman–Crippen MR) is 200 cm³/mol. The molecule has 0 atom stereocenters. The van der Waals surface area contributed by atoms with Crippen molar-refractivity contribution in [2.24, 2.45) is 0 Å². The van der Waals surface area contributed by atoms with Gasteiger partial charge in [0, 0.05) is 33.5 Å². The molecule has 0 spiro atoms. The molecule has 2 nitrogen and oxygen atoms in total. The highest BCUT2D eigenvalue weighted by Crippen LogP contribution is 2.51. The minimum atomic E-state index is -0.455. The molecule has 220 valence electrons. The molecule has 1 aliphatic rings. The lowest BCUT2D eigenvalue weighted by Crippen LogP contribution is -2.11. The van der Waals surface area contributed by atoms with Gasteiger partial charge in [-0.15, -0.1) is 0 Å². The first kappa shape index (κ1) is 19.4. The number of para-hydroxylation sites is 4. The Bertz CT molecular complexity index is 3080. The summed E-state index contributed by atoms with van der Waals surface area (Å²) in [5, 5.41) is 4.26. The summed E-state index contributed by atoms with van der Waals surface area (Å²) in [6, 6.07) is 36.8. The van der Waals surface area contributed by atoms with E-state index in [9.17, 15) is 0 Å². The van der Waals surface area contributed by atoms with E-state index in [0.29, 0.717) is 5.69 Å². The number of aryl methyl sites for hydroxylation is 1. The molecule has 0 saturated heterocycles. The molecule has 0 aliphatic heterocycles. The lowest BCUT2D eigenvalue weighted by atomic mass is 9.78. The fraction of sp³-hybridized carbons (Fsp3) is 0.0222. The van der Waals surface area contributed by atoms with E-state index < -0.39 is 24.2 Å². The van der Waals surface area contributed by atoms with Crippen molar-refractivity contribution in [2.45, 2.75) is 6.92 Å². The summed E-state index contributed by atoms with van der Waals surface area (Å²) in [7, 11) is 0. The van der Waals surface area contributed by atoms with Crippen LogP contribution in [0.3, 0.4) is 0 Å². The highest BCUT2D eigenvalue weighted by Gasteiger charge is 2.24. The molecule has 0 amide bonds. The fourth-order valence-electron chi connectivity index (χ4n) is 7.17. The molecular weight excluding hydrogens is 569 g/mol. The zero-order valence-electron chi connectivity index (χ0n) is 33.4. The van der Waals surface area contributed by atoms with Gasteiger partial charge in [0.2, 0.25) is 0 Å². The number of anilines is 3. The summed E-state index contributed by atoms with van der Waals surface area (Å²) in [5.41, 5.74) is 9.75. The average molecular weight is 607 g/mol. The maximum absolute atomic E-state index is 8.88. The van der Waals surface area contributed by atoms with Gasteiger partial charge in [-0.2, -0.15) is 0 Å². The normalized spacial score (nSPS) is 14.3. The largest absolute Gasteiger partial charge is 0.310 e. The van der Waals surface area contributed by atoms with Crippen LogP contribution in [0.2, 0.25) is 0 Å². The van der Waals surface area contributed by atoms with E-state index in [0.717, 1.165) is 55.3 Å². The van der Waals surface area contributed by atoms with Crippen LogP contribution in [0.1, 0.15) is 16.5 Å². The maximum Gasteiger partial charge on any atom is 0.0645 e. The predicted octanol–water partition coefficient (Wildman–Crippen LogP) is 12.5. The fourth-order valence-corrected chi connectivity index (χ4v) is 7.17. The van der Waals surface area contributed by atoms with Gasteiger partial charge in [0.1, 0.15) is 0 Å². The summed E-state index contributed by atoms with van der Waals surface area (Å²) in [4.78, 5) is 2.29. The van der Waals surface area contributed by atoms with Crippen LogP contribution in [0.15, 0.2) is 164 Å². The molecule has 2 heteroatoms. The molecule has 1 heterocycles. The van der Waals surface area contributed by atoms with E-state index in [1.54, 1.807) is 4.57 Å². The van der Waals surface area contributed by atoms with Crippen LogP contribution in [0, 0.1) is 6.92 Å². The standard InChI is InChI=1S/C45H30N2/c1-29-11-5-8-16-43(29)46(34-12-3-2-4-13-34)35-21-19-30-25-39-41(27-32(30)23-35)40-26-31-20-22-36(24-33(31)28-42(39)40)47-44-17-9-6-14-37(44)38-15-7-10-18-45(38)47/h2-28H,1H3/i6D,7D,9D,10D,14D,15D,17D,18D. The van der Waals surface area contributed by atoms with Crippen molar-refractivity contribution in [1.29, 1.82) is 0 Å². The lowest BCUT2D eigenvalue weighted by molar-refractivity contribution is 1.19. The number of rotatable bonds is 4. The van der Waals surface area contributed by atoms with Gasteiger partial charge in [-0.3, -0.25) is 0 Å². The van der Waals surface area contributed by atoms with Crippen molar-refractivity contribution in [3.8, 4) is 27.9 Å². The highest BCUT2D eigenvalue weighted by molar-refractivity contribution is 6.13. The van der Waals surface area contributed by atoms with Gasteiger partial charge in [-0.05, 0) is 135 Å². The van der Waals surface area contributed by atoms with Crippen molar-refractivity contribution in [2.75, 3.05) is 4.90 Å². The molecule has 10 rings (SSSR count). The Morgan fingerprint density at radius 2 is 1.04 bits per heavy atom. The minimum Gasteiger partial charge on any atom is -0.310 e. The average Bonchev–Trinajstić information content (AvgIpc) is 3.57. The number of hydrogen-bond acceptors (Lipinski definition) is 1. The van der Waals surface area contributed by atoms with Crippen LogP contribution in [0.25, 0.3) is 71.3 Å². The number of nitrogens with zero attached hydrogens (tertiary/aromatic N) is 2. The molecule has 0 radical (unpaired) electrons. The van der Waals surface area contributed by atoms with E-state index in [1.165, 1.54) is 11.1 Å². The molecule has 0 fully saturated rings. The molecular formula is C45H30N2. The van der Waals surface area contributed by atoms with Gasteiger partial charge in [0.15, 0.2) is 0 Å². The second kappa shape index (κ2) is 9.94. The first-order valence-corrected chi connectivity index (χ1v) is 15.6. The Balaban J connectivity index is 1.12. The summed E-state index contributed by atoms with van der Waals surface area (Å²) < 4.78 is 70.4. The van der Waals surface area contributed by atoms with Gasteiger partial charge in [0.25, 0.3) is 0 Å². The van der Waals surface area contributed by atoms with Crippen LogP contribution in [-0.2, 0) is 0 Å². The van der Waals surface area contributed by atoms with Gasteiger partial charge in [-0.25, -0.2) is 0 Å². The van der Waals surface area contributed by atoms with E-state index in [4.69, 9.17) is 11.0 Å². The Morgan fingerprint density at radius 1 is 0.489 bits per heavy atom. The third-order valence-corrected chi connectivity index (χ3v) is 9.42. The molecule has 1 aliphatic carbocycles. The number of aromatic nitrogens is 1. The summed E-state index contributed by atoms with van der Waals surface area (Å²) in [5.74, 6) is 0. The smallest absolute Gasteiger partial charge is 0.0645 e. The van der Waals surface area contributed by atoms with Crippen molar-refractivity contribution < 1.29 is 11.0 Å². The Hall–Kier alpha value is -6.12. The van der Waals surface area contributed by atoms with Crippen molar-refractivity contribution in [1.82, 2.24) is 4.57 Å². The summed E-state index contributed by atoms with van der Waals surface area (Å²) >= 11 is 0. The lowest BCUT2D eigenvalue weighted by Gasteiger charge is -2.28. The first-order chi connectivity index (χ1) is 26.5. The third kappa shape index (κ3) is 3.92. The highest BCUT2D eigenvalue weighted by atomic mass is 15.1.